The molecule has 1 aliphatic rings. The second-order valence-electron chi connectivity index (χ2n) is 12.3. The van der Waals surface area contributed by atoms with Crippen molar-refractivity contribution < 1.29 is 24.1 Å². The average Bonchev–Trinajstić information content (AvgIpc) is 3.43. The number of unbranched alkanes of at least 4 members (excludes halogenated alkanes) is 4. The van der Waals surface area contributed by atoms with Crippen LogP contribution in [0.15, 0.2) is 54.6 Å². The topological polar surface area (TPSA) is 65.0 Å². The number of aliphatic hydroxyl groups is 1. The molecule has 0 aliphatic carbocycles. The maximum atomic E-state index is 13.0. The Bertz CT molecular complexity index is 979. The highest BCUT2D eigenvalue weighted by Crippen LogP contribution is 2.38. The molecule has 5 nitrogen and oxygen atoms in total. The lowest BCUT2D eigenvalue weighted by Gasteiger charge is -2.33. The van der Waals surface area contributed by atoms with E-state index in [0.717, 1.165) is 35.6 Å². The van der Waals surface area contributed by atoms with Crippen molar-refractivity contribution in [1.82, 2.24) is 0 Å². The minimum Gasteiger partial charge on any atom is -0.469 e. The first kappa shape index (κ1) is 31.5. The van der Waals surface area contributed by atoms with E-state index in [1.54, 1.807) is 0 Å². The molecule has 1 N–H and O–H groups in total. The van der Waals surface area contributed by atoms with Crippen LogP contribution in [0.25, 0.3) is 0 Å². The van der Waals surface area contributed by atoms with E-state index < -0.39 is 25.9 Å². The van der Waals surface area contributed by atoms with Gasteiger partial charge in [0.25, 0.3) is 0 Å². The normalized spacial score (nSPS) is 17.5. The van der Waals surface area contributed by atoms with Gasteiger partial charge in [-0.05, 0) is 30.7 Å². The highest BCUT2D eigenvalue weighted by atomic mass is 28.3. The van der Waals surface area contributed by atoms with E-state index in [-0.39, 0.29) is 11.9 Å². The van der Waals surface area contributed by atoms with E-state index >= 15 is 0 Å². The van der Waals surface area contributed by atoms with Gasteiger partial charge in [0.2, 0.25) is 5.79 Å². The number of benzene rings is 2. The van der Waals surface area contributed by atoms with Gasteiger partial charge in [-0.3, -0.25) is 4.79 Å². The minimum absolute atomic E-state index is 0.158. The molecule has 0 spiro atoms. The fraction of sp³-hybridized carbons (Fsp3) is 0.606. The van der Waals surface area contributed by atoms with Gasteiger partial charge in [-0.15, -0.1) is 0 Å². The van der Waals surface area contributed by atoms with Crippen molar-refractivity contribution in [1.29, 1.82) is 0 Å². The van der Waals surface area contributed by atoms with Crippen LogP contribution >= 0.6 is 0 Å². The summed E-state index contributed by atoms with van der Waals surface area (Å²) in [6, 6.07) is 19.3. The SMILES string of the molecule is CCCCCCCC(C[Si](C)(C)C)C(C(=O)OC)C(O)CCc1ccc(C2(c3ccccc3)OCCO2)cc1. The van der Waals surface area contributed by atoms with Crippen LogP contribution in [-0.4, -0.2) is 45.6 Å². The number of methoxy groups -OCH3 is 1. The van der Waals surface area contributed by atoms with Gasteiger partial charge in [0.05, 0.1) is 32.3 Å². The zero-order valence-corrected chi connectivity index (χ0v) is 25.8. The summed E-state index contributed by atoms with van der Waals surface area (Å²) in [4.78, 5) is 13.0. The van der Waals surface area contributed by atoms with Gasteiger partial charge >= 0.3 is 5.97 Å². The first-order chi connectivity index (χ1) is 18.7. The molecule has 3 unspecified atom stereocenters. The standard InChI is InChI=1S/C33H50O5Si/c1-6-7-8-9-11-14-27(25-39(3,4)5)31(32(35)36-2)30(34)22-19-26-17-20-29(21-18-26)33(37-23-24-38-33)28-15-12-10-13-16-28/h10,12-13,15-18,20-21,27,30-31,34H,6-9,11,14,19,22-25H2,1-5H3. The van der Waals surface area contributed by atoms with Crippen LogP contribution in [-0.2, 0) is 31.2 Å². The number of rotatable bonds is 16. The number of aryl methyl sites for hydroxylation is 1. The second kappa shape index (κ2) is 15.1. The Hall–Kier alpha value is -1.99. The van der Waals surface area contributed by atoms with Crippen molar-refractivity contribution in [2.45, 2.75) is 95.9 Å². The molecule has 6 heteroatoms. The third kappa shape index (κ3) is 9.00. The van der Waals surface area contributed by atoms with Crippen molar-refractivity contribution in [2.75, 3.05) is 20.3 Å². The molecule has 0 aromatic heterocycles. The summed E-state index contributed by atoms with van der Waals surface area (Å²) < 4.78 is 17.5. The molecule has 1 aliphatic heterocycles. The predicted molar refractivity (Wildman–Crippen MR) is 160 cm³/mol. The molecule has 2 aromatic rings. The van der Waals surface area contributed by atoms with Crippen LogP contribution in [0.4, 0.5) is 0 Å². The molecular formula is C33H50O5Si. The van der Waals surface area contributed by atoms with Gasteiger partial charge in [-0.25, -0.2) is 0 Å². The highest BCUT2D eigenvalue weighted by Gasteiger charge is 2.41. The first-order valence-corrected chi connectivity index (χ1v) is 18.6. The molecule has 2 aromatic carbocycles. The lowest BCUT2D eigenvalue weighted by Crippen LogP contribution is -2.39. The molecule has 0 saturated carbocycles. The first-order valence-electron chi connectivity index (χ1n) is 14.9. The van der Waals surface area contributed by atoms with E-state index in [2.05, 4.69) is 50.8 Å². The smallest absolute Gasteiger partial charge is 0.311 e. The Morgan fingerprint density at radius 1 is 0.923 bits per heavy atom. The average molecular weight is 555 g/mol. The molecule has 0 bridgehead atoms. The number of hydrogen-bond acceptors (Lipinski definition) is 5. The molecule has 1 saturated heterocycles. The zero-order valence-electron chi connectivity index (χ0n) is 24.8. The number of aliphatic hydroxyl groups excluding tert-OH is 1. The van der Waals surface area contributed by atoms with Gasteiger partial charge in [0, 0.05) is 19.2 Å². The molecular weight excluding hydrogens is 504 g/mol. The van der Waals surface area contributed by atoms with Crippen LogP contribution < -0.4 is 0 Å². The van der Waals surface area contributed by atoms with Crippen molar-refractivity contribution in [3.05, 3.63) is 71.3 Å². The van der Waals surface area contributed by atoms with Crippen LogP contribution in [0.1, 0.15) is 68.6 Å². The third-order valence-electron chi connectivity index (χ3n) is 7.86. The Morgan fingerprint density at radius 2 is 1.54 bits per heavy atom. The summed E-state index contributed by atoms with van der Waals surface area (Å²) in [5.41, 5.74) is 3.06. The summed E-state index contributed by atoms with van der Waals surface area (Å²) in [5.74, 6) is -1.47. The van der Waals surface area contributed by atoms with Gasteiger partial charge in [-0.1, -0.05) is 119 Å². The van der Waals surface area contributed by atoms with Crippen molar-refractivity contribution in [3.63, 3.8) is 0 Å². The molecule has 0 amide bonds. The Morgan fingerprint density at radius 3 is 2.13 bits per heavy atom. The monoisotopic (exact) mass is 554 g/mol. The third-order valence-corrected chi connectivity index (χ3v) is 9.61. The molecule has 1 heterocycles. The fourth-order valence-electron chi connectivity index (χ4n) is 5.96. The fourth-order valence-corrected chi connectivity index (χ4v) is 7.99. The summed E-state index contributed by atoms with van der Waals surface area (Å²) in [5, 5.41) is 11.4. The van der Waals surface area contributed by atoms with E-state index in [9.17, 15) is 9.90 Å². The molecule has 3 atom stereocenters. The van der Waals surface area contributed by atoms with Crippen LogP contribution in [0, 0.1) is 11.8 Å². The number of ether oxygens (including phenoxy) is 3. The van der Waals surface area contributed by atoms with Gasteiger partial charge in [0.1, 0.15) is 0 Å². The lowest BCUT2D eigenvalue weighted by molar-refractivity contribution is -0.152. The maximum absolute atomic E-state index is 13.0. The van der Waals surface area contributed by atoms with Crippen molar-refractivity contribution in [2.24, 2.45) is 11.8 Å². The largest absolute Gasteiger partial charge is 0.469 e. The van der Waals surface area contributed by atoms with Crippen LogP contribution in [0.3, 0.4) is 0 Å². The van der Waals surface area contributed by atoms with Gasteiger partial charge < -0.3 is 19.3 Å². The molecule has 1 fully saturated rings. The Kier molecular flexibility index (Phi) is 12.2. The Labute approximate surface area is 237 Å². The number of carbonyl (C=O) groups excluding carboxylic acids is 1. The molecule has 39 heavy (non-hydrogen) atoms. The summed E-state index contributed by atoms with van der Waals surface area (Å²) in [6.45, 7) is 10.4. The Balaban J connectivity index is 1.69. The van der Waals surface area contributed by atoms with E-state index in [4.69, 9.17) is 14.2 Å². The van der Waals surface area contributed by atoms with E-state index in [1.165, 1.54) is 32.8 Å². The molecule has 3 rings (SSSR count). The van der Waals surface area contributed by atoms with Gasteiger partial charge in [-0.2, -0.15) is 0 Å². The number of hydrogen-bond donors (Lipinski definition) is 1. The quantitative estimate of drug-likeness (QED) is 0.134. The van der Waals surface area contributed by atoms with Crippen molar-refractivity contribution >= 4 is 14.0 Å². The maximum Gasteiger partial charge on any atom is 0.311 e. The summed E-state index contributed by atoms with van der Waals surface area (Å²) in [7, 11) is 0.000754. The predicted octanol–water partition coefficient (Wildman–Crippen LogP) is 7.33. The summed E-state index contributed by atoms with van der Waals surface area (Å²) in [6.07, 6.45) is 7.45. The lowest BCUT2D eigenvalue weighted by atomic mass is 9.82. The minimum atomic E-state index is -1.45. The van der Waals surface area contributed by atoms with Crippen molar-refractivity contribution in [3.8, 4) is 0 Å². The zero-order chi connectivity index (χ0) is 28.3. The highest BCUT2D eigenvalue weighted by molar-refractivity contribution is 6.76. The second-order valence-corrected chi connectivity index (χ2v) is 17.8. The molecule has 216 valence electrons. The van der Waals surface area contributed by atoms with E-state index in [0.29, 0.717) is 26.1 Å². The van der Waals surface area contributed by atoms with Gasteiger partial charge in [0.15, 0.2) is 0 Å². The number of carbonyl (C=O) groups is 1. The molecule has 0 radical (unpaired) electrons. The number of esters is 1. The summed E-state index contributed by atoms with van der Waals surface area (Å²) >= 11 is 0. The van der Waals surface area contributed by atoms with E-state index in [1.807, 2.05) is 30.3 Å². The van der Waals surface area contributed by atoms with Crippen LogP contribution in [0.2, 0.25) is 25.7 Å². The van der Waals surface area contributed by atoms with Crippen LogP contribution in [0.5, 0.6) is 0 Å².